The van der Waals surface area contributed by atoms with Gasteiger partial charge in [-0.25, -0.2) is 8.78 Å². The van der Waals surface area contributed by atoms with Crippen LogP contribution < -0.4 is 5.73 Å². The Morgan fingerprint density at radius 1 is 1.33 bits per heavy atom. The molecular weight excluding hydrogens is 270 g/mol. The Balaban J connectivity index is 1.93. The maximum atomic E-state index is 13.7. The molecule has 1 fully saturated rings. The van der Waals surface area contributed by atoms with Gasteiger partial charge >= 0.3 is 0 Å². The molecular formula is C17H26F2N2. The molecule has 1 aliphatic heterocycles. The van der Waals surface area contributed by atoms with Crippen molar-refractivity contribution in [1.82, 2.24) is 4.90 Å². The number of likely N-dealkylation sites (tertiary alicyclic amines) is 1. The Labute approximate surface area is 126 Å². The molecule has 2 N–H and O–H groups in total. The van der Waals surface area contributed by atoms with Crippen molar-refractivity contribution in [2.75, 3.05) is 13.1 Å². The highest BCUT2D eigenvalue weighted by molar-refractivity contribution is 5.22. The van der Waals surface area contributed by atoms with E-state index in [2.05, 4.69) is 11.8 Å². The van der Waals surface area contributed by atoms with Crippen molar-refractivity contribution in [3.63, 3.8) is 0 Å². The molecule has 2 nitrogen and oxygen atoms in total. The van der Waals surface area contributed by atoms with Gasteiger partial charge in [-0.05, 0) is 38.3 Å². The standard InChI is InChI=1S/C17H26F2N2/c1-2-6-13-7-3-4-11-21(13)12-10-16(20)14-8-5-9-15(18)17(14)19/h5,8-9,13,16H,2-4,6-7,10-12,20H2,1H3. The van der Waals surface area contributed by atoms with Crippen molar-refractivity contribution in [2.45, 2.75) is 57.5 Å². The number of rotatable bonds is 6. The van der Waals surface area contributed by atoms with Crippen LogP contribution in [0.4, 0.5) is 8.78 Å². The number of benzene rings is 1. The van der Waals surface area contributed by atoms with E-state index in [9.17, 15) is 8.78 Å². The molecule has 1 aliphatic rings. The highest BCUT2D eigenvalue weighted by Gasteiger charge is 2.22. The van der Waals surface area contributed by atoms with Crippen molar-refractivity contribution in [3.8, 4) is 0 Å². The second kappa shape index (κ2) is 7.85. The van der Waals surface area contributed by atoms with Gasteiger partial charge in [0.2, 0.25) is 0 Å². The van der Waals surface area contributed by atoms with E-state index in [1.807, 2.05) is 0 Å². The Hall–Kier alpha value is -1.00. The van der Waals surface area contributed by atoms with E-state index in [0.29, 0.717) is 18.0 Å². The SMILES string of the molecule is CCCC1CCCCN1CCC(N)c1cccc(F)c1F. The van der Waals surface area contributed by atoms with Crippen molar-refractivity contribution in [2.24, 2.45) is 5.73 Å². The number of nitrogens with two attached hydrogens (primary N) is 1. The summed E-state index contributed by atoms with van der Waals surface area (Å²) in [5, 5.41) is 0. The Morgan fingerprint density at radius 3 is 2.90 bits per heavy atom. The van der Waals surface area contributed by atoms with Gasteiger partial charge in [-0.1, -0.05) is 31.9 Å². The van der Waals surface area contributed by atoms with Crippen molar-refractivity contribution in [1.29, 1.82) is 0 Å². The molecule has 1 aromatic rings. The fourth-order valence-corrected chi connectivity index (χ4v) is 3.28. The summed E-state index contributed by atoms with van der Waals surface area (Å²) in [6.07, 6.45) is 6.84. The number of piperidine rings is 1. The zero-order valence-corrected chi connectivity index (χ0v) is 12.8. The van der Waals surface area contributed by atoms with Gasteiger partial charge in [0.1, 0.15) is 0 Å². The molecule has 1 aromatic carbocycles. The van der Waals surface area contributed by atoms with E-state index >= 15 is 0 Å². The van der Waals surface area contributed by atoms with Gasteiger partial charge in [-0.2, -0.15) is 0 Å². The van der Waals surface area contributed by atoms with Crippen LogP contribution in [0.5, 0.6) is 0 Å². The van der Waals surface area contributed by atoms with Crippen LogP contribution in [0, 0.1) is 11.6 Å². The summed E-state index contributed by atoms with van der Waals surface area (Å²) in [6, 6.07) is 4.43. The first-order chi connectivity index (χ1) is 10.1. The van der Waals surface area contributed by atoms with Crippen LogP contribution in [0.15, 0.2) is 18.2 Å². The lowest BCUT2D eigenvalue weighted by Crippen LogP contribution is -2.40. The lowest BCUT2D eigenvalue weighted by atomic mass is 9.96. The highest BCUT2D eigenvalue weighted by Crippen LogP contribution is 2.24. The van der Waals surface area contributed by atoms with Gasteiger partial charge < -0.3 is 10.6 Å². The maximum Gasteiger partial charge on any atom is 0.163 e. The molecule has 0 amide bonds. The van der Waals surface area contributed by atoms with Crippen LogP contribution in [0.25, 0.3) is 0 Å². The average Bonchev–Trinajstić information content (AvgIpc) is 2.49. The maximum absolute atomic E-state index is 13.7. The van der Waals surface area contributed by atoms with E-state index < -0.39 is 17.7 Å². The van der Waals surface area contributed by atoms with Crippen molar-refractivity contribution >= 4 is 0 Å². The molecule has 0 saturated carbocycles. The molecule has 1 heterocycles. The number of hydrogen-bond acceptors (Lipinski definition) is 2. The first-order valence-electron chi connectivity index (χ1n) is 8.07. The topological polar surface area (TPSA) is 29.3 Å². The Morgan fingerprint density at radius 2 is 2.14 bits per heavy atom. The second-order valence-electron chi connectivity index (χ2n) is 6.01. The second-order valence-corrected chi connectivity index (χ2v) is 6.01. The molecule has 0 aromatic heterocycles. The molecule has 0 bridgehead atoms. The first-order valence-corrected chi connectivity index (χ1v) is 8.07. The molecule has 0 radical (unpaired) electrons. The highest BCUT2D eigenvalue weighted by atomic mass is 19.2. The number of hydrogen-bond donors (Lipinski definition) is 1. The van der Waals surface area contributed by atoms with Crippen LogP contribution in [-0.2, 0) is 0 Å². The predicted molar refractivity (Wildman–Crippen MR) is 82.0 cm³/mol. The summed E-state index contributed by atoms with van der Waals surface area (Å²) in [6.45, 7) is 4.17. The summed E-state index contributed by atoms with van der Waals surface area (Å²) in [5.41, 5.74) is 6.36. The Bertz CT molecular complexity index is 448. The molecule has 118 valence electrons. The van der Waals surface area contributed by atoms with Crippen LogP contribution in [0.1, 0.15) is 57.1 Å². The Kier molecular flexibility index (Phi) is 6.12. The zero-order valence-electron chi connectivity index (χ0n) is 12.8. The zero-order chi connectivity index (χ0) is 15.2. The van der Waals surface area contributed by atoms with E-state index in [0.717, 1.165) is 19.2 Å². The summed E-state index contributed by atoms with van der Waals surface area (Å²) in [4.78, 5) is 2.48. The first kappa shape index (κ1) is 16.4. The lowest BCUT2D eigenvalue weighted by Gasteiger charge is -2.36. The average molecular weight is 296 g/mol. The van der Waals surface area contributed by atoms with Crippen LogP contribution >= 0.6 is 0 Å². The van der Waals surface area contributed by atoms with Gasteiger partial charge in [-0.15, -0.1) is 0 Å². The normalized spacial score (nSPS) is 21.4. The van der Waals surface area contributed by atoms with Crippen LogP contribution in [0.3, 0.4) is 0 Å². The van der Waals surface area contributed by atoms with Gasteiger partial charge in [0.15, 0.2) is 11.6 Å². The third-order valence-electron chi connectivity index (χ3n) is 4.48. The van der Waals surface area contributed by atoms with Crippen molar-refractivity contribution in [3.05, 3.63) is 35.4 Å². The fourth-order valence-electron chi connectivity index (χ4n) is 3.28. The largest absolute Gasteiger partial charge is 0.324 e. The smallest absolute Gasteiger partial charge is 0.163 e. The summed E-state index contributed by atoms with van der Waals surface area (Å²) in [7, 11) is 0. The fraction of sp³-hybridized carbons (Fsp3) is 0.647. The van der Waals surface area contributed by atoms with Gasteiger partial charge in [0.05, 0.1) is 0 Å². The summed E-state index contributed by atoms with van der Waals surface area (Å²) >= 11 is 0. The molecule has 1 saturated heterocycles. The van der Waals surface area contributed by atoms with Gasteiger partial charge in [-0.3, -0.25) is 0 Å². The van der Waals surface area contributed by atoms with E-state index in [1.54, 1.807) is 6.07 Å². The van der Waals surface area contributed by atoms with Gasteiger partial charge in [0.25, 0.3) is 0 Å². The van der Waals surface area contributed by atoms with Crippen LogP contribution in [0.2, 0.25) is 0 Å². The number of nitrogens with zero attached hydrogens (tertiary/aromatic N) is 1. The minimum atomic E-state index is -0.815. The minimum Gasteiger partial charge on any atom is -0.324 e. The molecule has 4 heteroatoms. The quantitative estimate of drug-likeness (QED) is 0.859. The van der Waals surface area contributed by atoms with Crippen LogP contribution in [-0.4, -0.2) is 24.0 Å². The lowest BCUT2D eigenvalue weighted by molar-refractivity contribution is 0.135. The third-order valence-corrected chi connectivity index (χ3v) is 4.48. The molecule has 0 aliphatic carbocycles. The number of halogens is 2. The van der Waals surface area contributed by atoms with E-state index in [4.69, 9.17) is 5.73 Å². The molecule has 2 atom stereocenters. The minimum absolute atomic E-state index is 0.291. The van der Waals surface area contributed by atoms with Crippen molar-refractivity contribution < 1.29 is 8.78 Å². The van der Waals surface area contributed by atoms with Gasteiger partial charge in [0, 0.05) is 24.2 Å². The van der Waals surface area contributed by atoms with E-state index in [-0.39, 0.29) is 0 Å². The monoisotopic (exact) mass is 296 g/mol. The molecule has 21 heavy (non-hydrogen) atoms. The summed E-state index contributed by atoms with van der Waals surface area (Å²) < 4.78 is 27.0. The predicted octanol–water partition coefficient (Wildman–Crippen LogP) is 4.01. The molecule has 2 rings (SSSR count). The molecule has 2 unspecified atom stereocenters. The van der Waals surface area contributed by atoms with E-state index in [1.165, 1.54) is 38.2 Å². The summed E-state index contributed by atoms with van der Waals surface area (Å²) in [5.74, 6) is -1.61. The molecule has 0 spiro atoms. The third kappa shape index (κ3) is 4.24.